The monoisotopic (exact) mass is 254 g/mol. The molecule has 1 fully saturated rings. The van der Waals surface area contributed by atoms with Gasteiger partial charge in [-0.2, -0.15) is 0 Å². The molecule has 0 aromatic rings. The molecule has 18 heavy (non-hydrogen) atoms. The Hall–Kier alpha value is -1.52. The van der Waals surface area contributed by atoms with E-state index < -0.39 is 5.97 Å². The van der Waals surface area contributed by atoms with Gasteiger partial charge in [-0.3, -0.25) is 4.79 Å². The quantitative estimate of drug-likeness (QED) is 0.776. The normalized spacial score (nSPS) is 23.6. The molecule has 1 aliphatic rings. The van der Waals surface area contributed by atoms with Gasteiger partial charge in [0, 0.05) is 19.6 Å². The Balaban J connectivity index is 2.69. The van der Waals surface area contributed by atoms with Gasteiger partial charge in [0.2, 0.25) is 0 Å². The highest BCUT2D eigenvalue weighted by atomic mass is 16.4. The number of carboxylic acid groups (broad SMARTS) is 1. The highest BCUT2D eigenvalue weighted by molar-refractivity contribution is 5.80. The minimum absolute atomic E-state index is 0.198. The van der Waals surface area contributed by atoms with E-state index in [1.165, 1.54) is 4.90 Å². The predicted molar refractivity (Wildman–Crippen MR) is 69.3 cm³/mol. The highest BCUT2D eigenvalue weighted by Gasteiger charge is 2.28. The molecule has 102 valence electrons. The number of nitrogens with zero attached hydrogens (tertiary/aromatic N) is 2. The molecule has 1 rings (SSSR count). The van der Waals surface area contributed by atoms with E-state index in [-0.39, 0.29) is 19.1 Å². The minimum atomic E-state index is -0.997. The van der Waals surface area contributed by atoms with E-state index in [9.17, 15) is 9.59 Å². The molecule has 5 heteroatoms. The first kappa shape index (κ1) is 14.5. The Labute approximate surface area is 108 Å². The van der Waals surface area contributed by atoms with Crippen molar-refractivity contribution in [2.75, 3.05) is 26.2 Å². The third-order valence-corrected chi connectivity index (χ3v) is 3.09. The Bertz CT molecular complexity index is 320. The Morgan fingerprint density at radius 2 is 1.94 bits per heavy atom. The zero-order chi connectivity index (χ0) is 13.7. The van der Waals surface area contributed by atoms with Crippen LogP contribution >= 0.6 is 0 Å². The molecule has 1 heterocycles. The maximum absolute atomic E-state index is 12.3. The van der Waals surface area contributed by atoms with Crippen molar-refractivity contribution in [3.8, 4) is 0 Å². The first-order valence-electron chi connectivity index (χ1n) is 6.30. The SMILES string of the molecule is C=CCN(CC(=O)O)C(=O)N1CC(C)CC(C)C1. The van der Waals surface area contributed by atoms with Crippen LogP contribution in [0, 0.1) is 11.8 Å². The smallest absolute Gasteiger partial charge is 0.323 e. The van der Waals surface area contributed by atoms with Gasteiger partial charge in [-0.05, 0) is 18.3 Å². The van der Waals surface area contributed by atoms with Gasteiger partial charge in [-0.25, -0.2) is 4.79 Å². The zero-order valence-electron chi connectivity index (χ0n) is 11.1. The van der Waals surface area contributed by atoms with Crippen LogP contribution in [-0.2, 0) is 4.79 Å². The van der Waals surface area contributed by atoms with Gasteiger partial charge < -0.3 is 14.9 Å². The number of carbonyl (C=O) groups is 2. The largest absolute Gasteiger partial charge is 0.480 e. The van der Waals surface area contributed by atoms with Crippen molar-refractivity contribution < 1.29 is 14.7 Å². The van der Waals surface area contributed by atoms with E-state index in [2.05, 4.69) is 20.4 Å². The molecular weight excluding hydrogens is 232 g/mol. The summed E-state index contributed by atoms with van der Waals surface area (Å²) in [5, 5.41) is 8.82. The molecule has 0 spiro atoms. The molecule has 0 aromatic carbocycles. The number of hydrogen-bond donors (Lipinski definition) is 1. The molecule has 1 N–H and O–H groups in total. The number of rotatable bonds is 4. The number of piperidine rings is 1. The first-order chi connectivity index (χ1) is 8.43. The fraction of sp³-hybridized carbons (Fsp3) is 0.692. The molecule has 2 atom stereocenters. The summed E-state index contributed by atoms with van der Waals surface area (Å²) in [6.07, 6.45) is 2.67. The van der Waals surface area contributed by atoms with Crippen LogP contribution in [0.25, 0.3) is 0 Å². The average molecular weight is 254 g/mol. The average Bonchev–Trinajstić information content (AvgIpc) is 2.25. The van der Waals surface area contributed by atoms with E-state index in [0.717, 1.165) is 6.42 Å². The third kappa shape index (κ3) is 4.05. The summed E-state index contributed by atoms with van der Waals surface area (Å²) in [6.45, 7) is 9.20. The predicted octanol–water partition coefficient (Wildman–Crippen LogP) is 1.66. The maximum atomic E-state index is 12.3. The standard InChI is InChI=1S/C13H22N2O3/c1-4-5-14(9-12(16)17)13(18)15-7-10(2)6-11(3)8-15/h4,10-11H,1,5-9H2,2-3H3,(H,16,17). The molecule has 2 unspecified atom stereocenters. The van der Waals surface area contributed by atoms with Crippen LogP contribution < -0.4 is 0 Å². The summed E-state index contributed by atoms with van der Waals surface area (Å²) in [5.41, 5.74) is 0. The molecular formula is C13H22N2O3. The van der Waals surface area contributed by atoms with Crippen molar-refractivity contribution in [2.24, 2.45) is 11.8 Å². The van der Waals surface area contributed by atoms with Crippen LogP contribution in [0.15, 0.2) is 12.7 Å². The number of carboxylic acids is 1. The van der Waals surface area contributed by atoms with Crippen LogP contribution in [0.1, 0.15) is 20.3 Å². The topological polar surface area (TPSA) is 60.9 Å². The van der Waals surface area contributed by atoms with Gasteiger partial charge in [0.25, 0.3) is 0 Å². The number of amides is 2. The fourth-order valence-corrected chi connectivity index (χ4v) is 2.55. The summed E-state index contributed by atoms with van der Waals surface area (Å²) in [5.74, 6) is -0.0653. The Morgan fingerprint density at radius 3 is 2.39 bits per heavy atom. The number of hydrogen-bond acceptors (Lipinski definition) is 2. The van der Waals surface area contributed by atoms with E-state index >= 15 is 0 Å². The molecule has 2 amide bonds. The summed E-state index contributed by atoms with van der Waals surface area (Å²) in [7, 11) is 0. The van der Waals surface area contributed by atoms with Crippen molar-refractivity contribution >= 4 is 12.0 Å². The number of likely N-dealkylation sites (tertiary alicyclic amines) is 1. The van der Waals surface area contributed by atoms with Gasteiger partial charge in [0.1, 0.15) is 6.54 Å². The molecule has 0 aromatic heterocycles. The third-order valence-electron chi connectivity index (χ3n) is 3.09. The molecule has 0 radical (unpaired) electrons. The van der Waals surface area contributed by atoms with E-state index in [4.69, 9.17) is 5.11 Å². The molecule has 0 bridgehead atoms. The lowest BCUT2D eigenvalue weighted by Gasteiger charge is -2.37. The van der Waals surface area contributed by atoms with Crippen LogP contribution in [0.4, 0.5) is 4.79 Å². The molecule has 1 saturated heterocycles. The van der Waals surface area contributed by atoms with Crippen molar-refractivity contribution in [1.29, 1.82) is 0 Å². The van der Waals surface area contributed by atoms with Crippen molar-refractivity contribution in [3.05, 3.63) is 12.7 Å². The maximum Gasteiger partial charge on any atom is 0.323 e. The van der Waals surface area contributed by atoms with Crippen LogP contribution in [0.5, 0.6) is 0 Å². The lowest BCUT2D eigenvalue weighted by atomic mass is 9.92. The second-order valence-corrected chi connectivity index (χ2v) is 5.20. The van der Waals surface area contributed by atoms with Crippen LogP contribution in [-0.4, -0.2) is 53.1 Å². The van der Waals surface area contributed by atoms with Gasteiger partial charge >= 0.3 is 12.0 Å². The van der Waals surface area contributed by atoms with Gasteiger partial charge in [-0.15, -0.1) is 6.58 Å². The minimum Gasteiger partial charge on any atom is -0.480 e. The van der Waals surface area contributed by atoms with E-state index in [0.29, 0.717) is 24.9 Å². The molecule has 5 nitrogen and oxygen atoms in total. The summed E-state index contributed by atoms with van der Waals surface area (Å²) < 4.78 is 0. The van der Waals surface area contributed by atoms with Crippen LogP contribution in [0.3, 0.4) is 0 Å². The second kappa shape index (κ2) is 6.42. The molecule has 1 aliphatic heterocycles. The van der Waals surface area contributed by atoms with Gasteiger partial charge in [-0.1, -0.05) is 19.9 Å². The Morgan fingerprint density at radius 1 is 1.39 bits per heavy atom. The number of carbonyl (C=O) groups excluding carboxylic acids is 1. The van der Waals surface area contributed by atoms with Crippen molar-refractivity contribution in [1.82, 2.24) is 9.80 Å². The summed E-state index contributed by atoms with van der Waals surface area (Å²) in [6, 6.07) is -0.198. The summed E-state index contributed by atoms with van der Waals surface area (Å²) >= 11 is 0. The Kier molecular flexibility index (Phi) is 5.19. The van der Waals surface area contributed by atoms with E-state index in [1.807, 2.05) is 0 Å². The van der Waals surface area contributed by atoms with Crippen molar-refractivity contribution in [2.45, 2.75) is 20.3 Å². The fourth-order valence-electron chi connectivity index (χ4n) is 2.55. The van der Waals surface area contributed by atoms with Crippen molar-refractivity contribution in [3.63, 3.8) is 0 Å². The lowest BCUT2D eigenvalue weighted by molar-refractivity contribution is -0.137. The van der Waals surface area contributed by atoms with E-state index in [1.54, 1.807) is 11.0 Å². The van der Waals surface area contributed by atoms with Crippen LogP contribution in [0.2, 0.25) is 0 Å². The second-order valence-electron chi connectivity index (χ2n) is 5.20. The zero-order valence-corrected chi connectivity index (χ0v) is 11.1. The number of aliphatic carboxylic acids is 1. The molecule has 0 aliphatic carbocycles. The number of urea groups is 1. The first-order valence-corrected chi connectivity index (χ1v) is 6.30. The highest BCUT2D eigenvalue weighted by Crippen LogP contribution is 2.21. The lowest BCUT2D eigenvalue weighted by Crippen LogP contribution is -2.50. The molecule has 0 saturated carbocycles. The summed E-state index contributed by atoms with van der Waals surface area (Å²) in [4.78, 5) is 26.1. The van der Waals surface area contributed by atoms with Gasteiger partial charge in [0.15, 0.2) is 0 Å². The van der Waals surface area contributed by atoms with Gasteiger partial charge in [0.05, 0.1) is 0 Å².